The van der Waals surface area contributed by atoms with Crippen LogP contribution < -0.4 is 21.8 Å². The lowest BCUT2D eigenvalue weighted by atomic mass is 10.1. The number of unbranched alkanes of at least 4 members (excludes halogenated alkanes) is 1. The average Bonchev–Trinajstić information content (AvgIpc) is 3.41. The van der Waals surface area contributed by atoms with Crippen LogP contribution in [0, 0.1) is 0 Å². The third kappa shape index (κ3) is 4.42. The highest BCUT2D eigenvalue weighted by Gasteiger charge is 2.25. The van der Waals surface area contributed by atoms with Crippen molar-refractivity contribution in [3.05, 3.63) is 43.2 Å². The fraction of sp³-hybridized carbons (Fsp3) is 0.652. The molecule has 0 aliphatic heterocycles. The average molecular weight is 402 g/mol. The monoisotopic (exact) mass is 401 g/mol. The van der Waals surface area contributed by atoms with Crippen LogP contribution in [0.2, 0.25) is 0 Å². The molecule has 0 saturated heterocycles. The van der Waals surface area contributed by atoms with Crippen LogP contribution in [0.15, 0.2) is 21.4 Å². The minimum Gasteiger partial charge on any atom is -0.383 e. The minimum atomic E-state index is -0.150. The Morgan fingerprint density at radius 1 is 1.14 bits per heavy atom. The number of methoxy groups -OCH3 is 1. The van der Waals surface area contributed by atoms with Crippen molar-refractivity contribution in [2.75, 3.05) is 27.8 Å². The molecule has 0 amide bonds. The summed E-state index contributed by atoms with van der Waals surface area (Å²) in [7, 11) is 5.62. The van der Waals surface area contributed by atoms with E-state index in [9.17, 15) is 9.59 Å². The van der Waals surface area contributed by atoms with Crippen LogP contribution in [0.25, 0.3) is 11.1 Å². The van der Waals surface area contributed by atoms with E-state index in [0.29, 0.717) is 18.4 Å². The summed E-state index contributed by atoms with van der Waals surface area (Å²) in [6.07, 6.45) is 8.59. The summed E-state index contributed by atoms with van der Waals surface area (Å²) in [5.41, 5.74) is 3.83. The molecule has 3 rings (SSSR count). The van der Waals surface area contributed by atoms with Gasteiger partial charge in [0.15, 0.2) is 0 Å². The third-order valence-corrected chi connectivity index (χ3v) is 5.75. The van der Waals surface area contributed by atoms with E-state index in [-0.39, 0.29) is 17.2 Å². The molecule has 0 bridgehead atoms. The van der Waals surface area contributed by atoms with Gasteiger partial charge in [-0.2, -0.15) is 0 Å². The molecule has 6 nitrogen and oxygen atoms in total. The minimum absolute atomic E-state index is 0.111. The highest BCUT2D eigenvalue weighted by molar-refractivity contribution is 5.66. The van der Waals surface area contributed by atoms with Gasteiger partial charge in [0.05, 0.1) is 12.6 Å². The van der Waals surface area contributed by atoms with Crippen LogP contribution in [0.1, 0.15) is 64.8 Å². The second-order valence-electron chi connectivity index (χ2n) is 8.54. The van der Waals surface area contributed by atoms with Gasteiger partial charge < -0.3 is 9.64 Å². The van der Waals surface area contributed by atoms with Gasteiger partial charge in [-0.3, -0.25) is 18.7 Å². The van der Waals surface area contributed by atoms with E-state index < -0.39 is 0 Å². The fourth-order valence-corrected chi connectivity index (χ4v) is 4.33. The zero-order valence-electron chi connectivity index (χ0n) is 18.6. The summed E-state index contributed by atoms with van der Waals surface area (Å²) >= 11 is 0. The summed E-state index contributed by atoms with van der Waals surface area (Å²) in [5.74, 6) is 0. The van der Waals surface area contributed by atoms with Crippen molar-refractivity contribution >= 4 is 11.1 Å². The summed E-state index contributed by atoms with van der Waals surface area (Å²) < 4.78 is 9.10. The number of hydrogen-bond acceptors (Lipinski definition) is 4. The molecular weight excluding hydrogens is 366 g/mol. The molecule has 0 spiro atoms. The highest BCUT2D eigenvalue weighted by Crippen LogP contribution is 2.30. The van der Waals surface area contributed by atoms with Gasteiger partial charge >= 0.3 is 0 Å². The van der Waals surface area contributed by atoms with E-state index in [1.54, 1.807) is 7.11 Å². The Morgan fingerprint density at radius 3 is 2.45 bits per heavy atom. The molecular formula is C23H35N3O3. The first kappa shape index (κ1) is 21.6. The maximum absolute atomic E-state index is 13.7. The number of aromatic nitrogens is 2. The van der Waals surface area contributed by atoms with Gasteiger partial charge in [-0.25, -0.2) is 0 Å². The largest absolute Gasteiger partial charge is 0.383 e. The molecule has 2 aliphatic carbocycles. The van der Waals surface area contributed by atoms with Crippen molar-refractivity contribution in [3.8, 4) is 0 Å². The van der Waals surface area contributed by atoms with E-state index in [4.69, 9.17) is 4.74 Å². The van der Waals surface area contributed by atoms with E-state index in [2.05, 4.69) is 13.1 Å². The topological polar surface area (TPSA) is 56.5 Å². The number of ether oxygens (including phenoxy) is 1. The van der Waals surface area contributed by atoms with Crippen LogP contribution in [0.3, 0.4) is 0 Å². The zero-order chi connectivity index (χ0) is 21.1. The van der Waals surface area contributed by atoms with E-state index in [0.717, 1.165) is 61.6 Å². The SMILES string of the molecule is CCCCn1c(=O)c(=C2CCCC2=CN(C)C)c(=O)n(C(C)COC)c1=C1CC1. The van der Waals surface area contributed by atoms with Gasteiger partial charge in [0.1, 0.15) is 10.7 Å². The lowest BCUT2D eigenvalue weighted by Crippen LogP contribution is -2.60. The zero-order valence-corrected chi connectivity index (χ0v) is 18.6. The molecule has 2 saturated carbocycles. The van der Waals surface area contributed by atoms with Gasteiger partial charge in [-0.1, -0.05) is 13.3 Å². The molecule has 1 atom stereocenters. The van der Waals surface area contributed by atoms with Gasteiger partial charge in [0.25, 0.3) is 11.1 Å². The Bertz CT molecular complexity index is 1020. The second-order valence-corrected chi connectivity index (χ2v) is 8.54. The predicted molar refractivity (Wildman–Crippen MR) is 117 cm³/mol. The maximum Gasteiger partial charge on any atom is 0.265 e. The number of allylic oxidation sites excluding steroid dienone is 1. The summed E-state index contributed by atoms with van der Waals surface area (Å²) in [5, 5.41) is 0.375. The van der Waals surface area contributed by atoms with Crippen molar-refractivity contribution in [3.63, 3.8) is 0 Å². The first-order chi connectivity index (χ1) is 13.9. The summed E-state index contributed by atoms with van der Waals surface area (Å²) in [6.45, 7) is 5.23. The third-order valence-electron chi connectivity index (χ3n) is 5.75. The van der Waals surface area contributed by atoms with Gasteiger partial charge in [0.2, 0.25) is 0 Å². The Morgan fingerprint density at radius 2 is 1.86 bits per heavy atom. The number of rotatable bonds is 7. The van der Waals surface area contributed by atoms with E-state index in [1.165, 1.54) is 5.57 Å². The molecule has 1 aromatic heterocycles. The fourth-order valence-electron chi connectivity index (χ4n) is 4.33. The number of hydrogen-bond donors (Lipinski definition) is 0. The van der Waals surface area contributed by atoms with Crippen LogP contribution in [-0.2, 0) is 11.3 Å². The van der Waals surface area contributed by atoms with Gasteiger partial charge in [-0.15, -0.1) is 0 Å². The van der Waals surface area contributed by atoms with Crippen molar-refractivity contribution in [2.45, 2.75) is 71.4 Å². The molecule has 29 heavy (non-hydrogen) atoms. The van der Waals surface area contributed by atoms with Crippen LogP contribution in [0.4, 0.5) is 0 Å². The van der Waals surface area contributed by atoms with Crippen molar-refractivity contribution in [1.29, 1.82) is 0 Å². The maximum atomic E-state index is 13.7. The van der Waals surface area contributed by atoms with E-state index >= 15 is 0 Å². The summed E-state index contributed by atoms with van der Waals surface area (Å²) in [6, 6.07) is -0.119. The second kappa shape index (κ2) is 9.16. The van der Waals surface area contributed by atoms with Crippen molar-refractivity contribution in [2.24, 2.45) is 0 Å². The first-order valence-electron chi connectivity index (χ1n) is 10.9. The van der Waals surface area contributed by atoms with Crippen LogP contribution in [-0.4, -0.2) is 41.8 Å². The highest BCUT2D eigenvalue weighted by atomic mass is 16.5. The molecule has 0 aromatic carbocycles. The molecule has 0 radical (unpaired) electrons. The Balaban J connectivity index is 2.44. The molecule has 0 N–H and O–H groups in total. The molecule has 1 heterocycles. The quantitative estimate of drug-likeness (QED) is 0.698. The molecule has 6 heteroatoms. The van der Waals surface area contributed by atoms with Crippen LogP contribution in [0.5, 0.6) is 0 Å². The lowest BCUT2D eigenvalue weighted by Gasteiger charge is -2.20. The summed E-state index contributed by atoms with van der Waals surface area (Å²) in [4.78, 5) is 29.4. The molecule has 2 fully saturated rings. The predicted octanol–water partition coefficient (Wildman–Crippen LogP) is 1.74. The normalized spacial score (nSPS) is 20.4. The van der Waals surface area contributed by atoms with Crippen molar-refractivity contribution < 1.29 is 4.74 Å². The Kier molecular flexibility index (Phi) is 6.83. The Labute approximate surface area is 172 Å². The van der Waals surface area contributed by atoms with Gasteiger partial charge in [-0.05, 0) is 62.2 Å². The first-order valence-corrected chi connectivity index (χ1v) is 10.9. The van der Waals surface area contributed by atoms with Crippen molar-refractivity contribution in [1.82, 2.24) is 14.0 Å². The van der Waals surface area contributed by atoms with Gasteiger partial charge in [0, 0.05) is 33.9 Å². The molecule has 1 unspecified atom stereocenters. The standard InChI is InChI=1S/C23H35N3O3/c1-6-7-13-25-21(17-11-12-17)26(16(2)15-29-5)23(28)20(22(25)27)19-10-8-9-18(19)14-24(3)4/h14,16H,6-13,15H2,1-5H3. The smallest absolute Gasteiger partial charge is 0.265 e. The Hall–Kier alpha value is -2.08. The number of nitrogens with zero attached hydrogens (tertiary/aromatic N) is 3. The molecule has 160 valence electrons. The molecule has 2 aliphatic rings. The lowest BCUT2D eigenvalue weighted by molar-refractivity contribution is 0.157. The van der Waals surface area contributed by atoms with E-state index in [1.807, 2.05) is 35.1 Å². The van der Waals surface area contributed by atoms with Crippen LogP contribution >= 0.6 is 0 Å². The molecule has 1 aromatic rings.